The first-order valence-corrected chi connectivity index (χ1v) is 7.46. The Bertz CT molecular complexity index is 631. The van der Waals surface area contributed by atoms with Crippen molar-refractivity contribution in [1.29, 1.82) is 0 Å². The summed E-state index contributed by atoms with van der Waals surface area (Å²) in [5, 5.41) is 12.2. The highest BCUT2D eigenvalue weighted by atomic mass is 16.5. The molecule has 124 valence electrons. The number of carboxylic acid groups (broad SMARTS) is 1. The van der Waals surface area contributed by atoms with Crippen LogP contribution in [0.3, 0.4) is 0 Å². The first-order valence-electron chi connectivity index (χ1n) is 7.46. The summed E-state index contributed by atoms with van der Waals surface area (Å²) in [5.41, 5.74) is 0.477. The second-order valence-electron chi connectivity index (χ2n) is 5.74. The third kappa shape index (κ3) is 2.72. The zero-order chi connectivity index (χ0) is 16.6. The highest BCUT2D eigenvalue weighted by Gasteiger charge is 2.55. The fraction of sp³-hybridized carbons (Fsp3) is 0.500. The van der Waals surface area contributed by atoms with Crippen LogP contribution in [0.4, 0.5) is 5.69 Å². The number of ether oxygens (including phenoxy) is 3. The van der Waals surface area contributed by atoms with Gasteiger partial charge in [-0.1, -0.05) is 0 Å². The number of amides is 1. The summed E-state index contributed by atoms with van der Waals surface area (Å²) in [6.45, 7) is 0. The lowest BCUT2D eigenvalue weighted by Gasteiger charge is -2.24. The first-order chi connectivity index (χ1) is 11.0. The average molecular weight is 321 g/mol. The molecule has 0 aromatic heterocycles. The van der Waals surface area contributed by atoms with E-state index in [9.17, 15) is 14.7 Å². The maximum Gasteiger partial charge on any atom is 0.310 e. The van der Waals surface area contributed by atoms with E-state index < -0.39 is 17.8 Å². The minimum Gasteiger partial charge on any atom is -0.497 e. The first kappa shape index (κ1) is 15.6. The molecule has 0 radical (unpaired) electrons. The van der Waals surface area contributed by atoms with Gasteiger partial charge in [0.15, 0.2) is 0 Å². The topological polar surface area (TPSA) is 94.1 Å². The van der Waals surface area contributed by atoms with Crippen molar-refractivity contribution in [3.8, 4) is 11.5 Å². The van der Waals surface area contributed by atoms with Crippen LogP contribution in [0.1, 0.15) is 12.8 Å². The number of carbonyl (C=O) groups excluding carboxylic acids is 1. The van der Waals surface area contributed by atoms with Crippen molar-refractivity contribution in [3.63, 3.8) is 0 Å². The second kappa shape index (κ2) is 6.08. The molecule has 1 amide bonds. The van der Waals surface area contributed by atoms with E-state index >= 15 is 0 Å². The number of nitrogens with one attached hydrogen (secondary N) is 1. The smallest absolute Gasteiger partial charge is 0.310 e. The summed E-state index contributed by atoms with van der Waals surface area (Å²) in [6, 6.07) is 5.02. The molecule has 2 fully saturated rings. The standard InChI is InChI=1S/C16H19NO6/c1-21-8-3-4-9(12(7-8)22-2)17-15(18)13-10-5-6-11(23-10)14(13)16(19)20/h3-4,7,10-11,13-14H,5-6H2,1-2H3,(H,17,18)(H,19,20)/t10-,11+,13-,14+/m1/s1. The highest BCUT2D eigenvalue weighted by molar-refractivity contribution is 5.97. The van der Waals surface area contributed by atoms with Crippen LogP contribution >= 0.6 is 0 Å². The van der Waals surface area contributed by atoms with E-state index in [4.69, 9.17) is 14.2 Å². The third-order valence-electron chi connectivity index (χ3n) is 4.53. The Morgan fingerprint density at radius 2 is 1.87 bits per heavy atom. The van der Waals surface area contributed by atoms with Gasteiger partial charge >= 0.3 is 5.97 Å². The van der Waals surface area contributed by atoms with Crippen LogP contribution in [-0.4, -0.2) is 43.4 Å². The van der Waals surface area contributed by atoms with Gasteiger partial charge in [0.2, 0.25) is 5.91 Å². The van der Waals surface area contributed by atoms with E-state index in [0.29, 0.717) is 30.0 Å². The molecule has 2 N–H and O–H groups in total. The van der Waals surface area contributed by atoms with Crippen LogP contribution in [0.2, 0.25) is 0 Å². The van der Waals surface area contributed by atoms with Gasteiger partial charge in [-0.15, -0.1) is 0 Å². The van der Waals surface area contributed by atoms with Crippen LogP contribution < -0.4 is 14.8 Å². The van der Waals surface area contributed by atoms with Crippen molar-refractivity contribution in [3.05, 3.63) is 18.2 Å². The van der Waals surface area contributed by atoms with Crippen LogP contribution in [0.5, 0.6) is 11.5 Å². The molecule has 0 spiro atoms. The third-order valence-corrected chi connectivity index (χ3v) is 4.53. The number of anilines is 1. The van der Waals surface area contributed by atoms with E-state index in [1.807, 2.05) is 0 Å². The molecule has 1 aromatic rings. The number of carboxylic acids is 1. The van der Waals surface area contributed by atoms with Gasteiger partial charge in [0, 0.05) is 6.07 Å². The SMILES string of the molecule is COc1ccc(NC(=O)[C@H]2[C@@H](C(=O)O)[C@@H]3CC[C@H]2O3)c(OC)c1. The summed E-state index contributed by atoms with van der Waals surface area (Å²) in [7, 11) is 3.03. The lowest BCUT2D eigenvalue weighted by molar-refractivity contribution is -0.147. The summed E-state index contributed by atoms with van der Waals surface area (Å²) >= 11 is 0. The van der Waals surface area contributed by atoms with Gasteiger partial charge in [-0.05, 0) is 25.0 Å². The van der Waals surface area contributed by atoms with Crippen LogP contribution in [-0.2, 0) is 14.3 Å². The zero-order valence-corrected chi connectivity index (χ0v) is 12.9. The normalized spacial score (nSPS) is 28.4. The fourth-order valence-corrected chi connectivity index (χ4v) is 3.44. The number of fused-ring (bicyclic) bond motifs is 2. The van der Waals surface area contributed by atoms with Gasteiger partial charge < -0.3 is 24.6 Å². The minimum atomic E-state index is -0.987. The predicted octanol–water partition coefficient (Wildman–Crippen LogP) is 1.52. The molecule has 7 heteroatoms. The summed E-state index contributed by atoms with van der Waals surface area (Å²) < 4.78 is 16.0. The molecule has 4 atom stereocenters. The molecule has 0 unspecified atom stereocenters. The molecular weight excluding hydrogens is 302 g/mol. The molecule has 2 saturated heterocycles. The molecule has 2 heterocycles. The second-order valence-corrected chi connectivity index (χ2v) is 5.74. The van der Waals surface area contributed by atoms with Crippen molar-refractivity contribution in [2.24, 2.45) is 11.8 Å². The van der Waals surface area contributed by atoms with Crippen molar-refractivity contribution < 1.29 is 28.9 Å². The fourth-order valence-electron chi connectivity index (χ4n) is 3.44. The maximum absolute atomic E-state index is 12.6. The van der Waals surface area contributed by atoms with Crippen LogP contribution in [0.25, 0.3) is 0 Å². The lowest BCUT2D eigenvalue weighted by Crippen LogP contribution is -2.41. The van der Waals surface area contributed by atoms with Crippen LogP contribution in [0, 0.1) is 11.8 Å². The zero-order valence-electron chi connectivity index (χ0n) is 12.9. The number of methoxy groups -OCH3 is 2. The van der Waals surface area contributed by atoms with E-state index in [0.717, 1.165) is 0 Å². The number of carbonyl (C=O) groups is 2. The van der Waals surface area contributed by atoms with Gasteiger partial charge in [0.1, 0.15) is 11.5 Å². The molecule has 0 saturated carbocycles. The Balaban J connectivity index is 1.80. The van der Waals surface area contributed by atoms with Crippen molar-refractivity contribution in [2.75, 3.05) is 19.5 Å². The van der Waals surface area contributed by atoms with Gasteiger partial charge in [-0.2, -0.15) is 0 Å². The summed E-state index contributed by atoms with van der Waals surface area (Å²) in [5.74, 6) is -1.76. The van der Waals surface area contributed by atoms with Crippen LogP contribution in [0.15, 0.2) is 18.2 Å². The Hall–Kier alpha value is -2.28. The van der Waals surface area contributed by atoms with Crippen molar-refractivity contribution >= 4 is 17.6 Å². The number of rotatable bonds is 5. The molecular formula is C16H19NO6. The van der Waals surface area contributed by atoms with Gasteiger partial charge in [-0.25, -0.2) is 0 Å². The predicted molar refractivity (Wildman–Crippen MR) is 80.7 cm³/mol. The number of benzene rings is 1. The largest absolute Gasteiger partial charge is 0.497 e. The molecule has 2 aliphatic rings. The lowest BCUT2D eigenvalue weighted by atomic mass is 9.78. The van der Waals surface area contributed by atoms with Gasteiger partial charge in [0.05, 0.1) is 44.0 Å². The monoisotopic (exact) mass is 321 g/mol. The Kier molecular flexibility index (Phi) is 4.12. The molecule has 23 heavy (non-hydrogen) atoms. The van der Waals surface area contributed by atoms with E-state index in [1.165, 1.54) is 14.2 Å². The number of aliphatic carboxylic acids is 1. The number of hydrogen-bond acceptors (Lipinski definition) is 5. The average Bonchev–Trinajstić information content (AvgIpc) is 3.16. The molecule has 3 rings (SSSR count). The highest BCUT2D eigenvalue weighted by Crippen LogP contribution is 2.44. The quantitative estimate of drug-likeness (QED) is 0.854. The molecule has 7 nitrogen and oxygen atoms in total. The van der Waals surface area contributed by atoms with Gasteiger partial charge in [0.25, 0.3) is 0 Å². The van der Waals surface area contributed by atoms with Gasteiger partial charge in [-0.3, -0.25) is 9.59 Å². The Labute approximate surface area is 133 Å². The van der Waals surface area contributed by atoms with E-state index in [1.54, 1.807) is 18.2 Å². The molecule has 1 aromatic carbocycles. The van der Waals surface area contributed by atoms with Crippen molar-refractivity contribution in [2.45, 2.75) is 25.0 Å². The van der Waals surface area contributed by atoms with E-state index in [-0.39, 0.29) is 18.1 Å². The maximum atomic E-state index is 12.6. The summed E-state index contributed by atoms with van der Waals surface area (Å²) in [4.78, 5) is 24.1. The number of hydrogen-bond donors (Lipinski definition) is 2. The van der Waals surface area contributed by atoms with Crippen molar-refractivity contribution in [1.82, 2.24) is 0 Å². The Morgan fingerprint density at radius 1 is 1.17 bits per heavy atom. The summed E-state index contributed by atoms with van der Waals surface area (Å²) in [6.07, 6.45) is 0.708. The van der Waals surface area contributed by atoms with E-state index in [2.05, 4.69) is 5.32 Å². The Morgan fingerprint density at radius 3 is 2.48 bits per heavy atom. The minimum absolute atomic E-state index is 0.328. The molecule has 2 aliphatic heterocycles. The molecule has 2 bridgehead atoms. The molecule has 0 aliphatic carbocycles.